The van der Waals surface area contributed by atoms with Gasteiger partial charge in [0.15, 0.2) is 0 Å². The summed E-state index contributed by atoms with van der Waals surface area (Å²) in [5.41, 5.74) is 3.55. The number of nitrogens with one attached hydrogen (secondary N) is 1. The zero-order chi connectivity index (χ0) is 11.4. The van der Waals surface area contributed by atoms with Crippen LogP contribution in [0, 0.1) is 13.8 Å². The predicted octanol–water partition coefficient (Wildman–Crippen LogP) is 3.03. The Kier molecular flexibility index (Phi) is 4.18. The second kappa shape index (κ2) is 5.19. The molecule has 0 spiro atoms. The molecule has 86 valence electrons. The predicted molar refractivity (Wildman–Crippen MR) is 65.3 cm³/mol. The van der Waals surface area contributed by atoms with Crippen molar-refractivity contribution in [2.75, 3.05) is 5.32 Å². The molecular weight excluding hydrogens is 186 g/mol. The van der Waals surface area contributed by atoms with Gasteiger partial charge in [0, 0.05) is 13.1 Å². The van der Waals surface area contributed by atoms with Crippen LogP contribution in [-0.2, 0) is 7.05 Å². The molecule has 0 fully saturated rings. The topological polar surface area (TPSA) is 29.9 Å². The lowest BCUT2D eigenvalue weighted by atomic mass is 10.1. The Balaban J connectivity index is 2.78. The van der Waals surface area contributed by atoms with Crippen molar-refractivity contribution in [1.29, 1.82) is 0 Å². The van der Waals surface area contributed by atoms with Crippen molar-refractivity contribution in [3.63, 3.8) is 0 Å². The van der Waals surface area contributed by atoms with E-state index >= 15 is 0 Å². The van der Waals surface area contributed by atoms with Gasteiger partial charge >= 0.3 is 0 Å². The molecule has 3 heteroatoms. The van der Waals surface area contributed by atoms with Gasteiger partial charge in [-0.3, -0.25) is 4.68 Å². The van der Waals surface area contributed by atoms with Crippen molar-refractivity contribution >= 4 is 5.69 Å². The molecule has 1 N–H and O–H groups in total. The van der Waals surface area contributed by atoms with Crippen molar-refractivity contribution in [1.82, 2.24) is 9.78 Å². The first-order valence-corrected chi connectivity index (χ1v) is 5.86. The van der Waals surface area contributed by atoms with E-state index in [0.29, 0.717) is 6.04 Å². The highest BCUT2D eigenvalue weighted by Crippen LogP contribution is 2.21. The van der Waals surface area contributed by atoms with E-state index in [1.165, 1.54) is 30.6 Å². The summed E-state index contributed by atoms with van der Waals surface area (Å²) in [6.45, 7) is 8.64. The SMILES string of the molecule is CCCC(CC)Nc1c(C)nn(C)c1C. The van der Waals surface area contributed by atoms with E-state index in [1.54, 1.807) is 0 Å². The maximum atomic E-state index is 4.41. The molecule has 0 aliphatic rings. The molecule has 1 rings (SSSR count). The van der Waals surface area contributed by atoms with Crippen LogP contribution in [0.2, 0.25) is 0 Å². The number of hydrogen-bond acceptors (Lipinski definition) is 2. The molecule has 15 heavy (non-hydrogen) atoms. The first kappa shape index (κ1) is 12.1. The Morgan fingerprint density at radius 2 is 2.00 bits per heavy atom. The van der Waals surface area contributed by atoms with Crippen LogP contribution in [0.5, 0.6) is 0 Å². The molecule has 1 heterocycles. The smallest absolute Gasteiger partial charge is 0.0827 e. The summed E-state index contributed by atoms with van der Waals surface area (Å²) in [5, 5.41) is 8.02. The summed E-state index contributed by atoms with van der Waals surface area (Å²) in [6, 6.07) is 0.580. The summed E-state index contributed by atoms with van der Waals surface area (Å²) >= 11 is 0. The van der Waals surface area contributed by atoms with E-state index in [2.05, 4.69) is 38.1 Å². The highest BCUT2D eigenvalue weighted by Gasteiger charge is 2.12. The van der Waals surface area contributed by atoms with E-state index in [1.807, 2.05) is 11.7 Å². The van der Waals surface area contributed by atoms with Crippen molar-refractivity contribution in [2.24, 2.45) is 7.05 Å². The fourth-order valence-corrected chi connectivity index (χ4v) is 1.91. The monoisotopic (exact) mass is 209 g/mol. The second-order valence-electron chi connectivity index (χ2n) is 4.21. The van der Waals surface area contributed by atoms with Crippen LogP contribution in [0.3, 0.4) is 0 Å². The average Bonchev–Trinajstić information content (AvgIpc) is 2.44. The van der Waals surface area contributed by atoms with E-state index < -0.39 is 0 Å². The summed E-state index contributed by atoms with van der Waals surface area (Å²) in [4.78, 5) is 0. The minimum atomic E-state index is 0.580. The van der Waals surface area contributed by atoms with Gasteiger partial charge in [0.25, 0.3) is 0 Å². The van der Waals surface area contributed by atoms with Crippen molar-refractivity contribution in [3.05, 3.63) is 11.4 Å². The van der Waals surface area contributed by atoms with Crippen LogP contribution in [-0.4, -0.2) is 15.8 Å². The lowest BCUT2D eigenvalue weighted by Gasteiger charge is -2.17. The molecule has 1 aromatic rings. The van der Waals surface area contributed by atoms with Gasteiger partial charge < -0.3 is 5.32 Å². The fraction of sp³-hybridized carbons (Fsp3) is 0.750. The first-order valence-electron chi connectivity index (χ1n) is 5.86. The van der Waals surface area contributed by atoms with Gasteiger partial charge in [0.2, 0.25) is 0 Å². The number of nitrogens with zero attached hydrogens (tertiary/aromatic N) is 2. The minimum absolute atomic E-state index is 0.580. The van der Waals surface area contributed by atoms with Gasteiger partial charge in [-0.15, -0.1) is 0 Å². The maximum absolute atomic E-state index is 4.41. The van der Waals surface area contributed by atoms with Gasteiger partial charge in [-0.05, 0) is 26.7 Å². The molecular formula is C12H23N3. The molecule has 0 bridgehead atoms. The number of rotatable bonds is 5. The largest absolute Gasteiger partial charge is 0.379 e. The summed E-state index contributed by atoms with van der Waals surface area (Å²) in [7, 11) is 1.99. The molecule has 0 saturated heterocycles. The second-order valence-corrected chi connectivity index (χ2v) is 4.21. The van der Waals surface area contributed by atoms with Crippen molar-refractivity contribution < 1.29 is 0 Å². The van der Waals surface area contributed by atoms with Gasteiger partial charge in [-0.1, -0.05) is 20.3 Å². The van der Waals surface area contributed by atoms with Gasteiger partial charge in [0.05, 0.1) is 17.1 Å². The van der Waals surface area contributed by atoms with Crippen LogP contribution >= 0.6 is 0 Å². The van der Waals surface area contributed by atoms with Crippen LogP contribution in [0.15, 0.2) is 0 Å². The lowest BCUT2D eigenvalue weighted by molar-refractivity contribution is 0.621. The zero-order valence-electron chi connectivity index (χ0n) is 10.6. The fourth-order valence-electron chi connectivity index (χ4n) is 1.91. The Morgan fingerprint density at radius 1 is 1.33 bits per heavy atom. The van der Waals surface area contributed by atoms with Gasteiger partial charge in [0.1, 0.15) is 0 Å². The molecule has 0 radical (unpaired) electrons. The molecule has 1 atom stereocenters. The lowest BCUT2D eigenvalue weighted by Crippen LogP contribution is -2.18. The summed E-state index contributed by atoms with van der Waals surface area (Å²) < 4.78 is 1.94. The Morgan fingerprint density at radius 3 is 2.40 bits per heavy atom. The molecule has 3 nitrogen and oxygen atoms in total. The normalized spacial score (nSPS) is 12.9. The Hall–Kier alpha value is -0.990. The summed E-state index contributed by atoms with van der Waals surface area (Å²) in [6.07, 6.45) is 3.62. The number of anilines is 1. The zero-order valence-corrected chi connectivity index (χ0v) is 10.6. The van der Waals surface area contributed by atoms with Crippen molar-refractivity contribution in [3.8, 4) is 0 Å². The Labute approximate surface area is 92.9 Å². The molecule has 0 aliphatic heterocycles. The molecule has 0 aromatic carbocycles. The number of aryl methyl sites for hydroxylation is 2. The third kappa shape index (κ3) is 2.74. The maximum Gasteiger partial charge on any atom is 0.0827 e. The summed E-state index contributed by atoms with van der Waals surface area (Å²) in [5.74, 6) is 0. The average molecular weight is 209 g/mol. The first-order chi connectivity index (χ1) is 7.10. The van der Waals surface area contributed by atoms with E-state index in [4.69, 9.17) is 0 Å². The van der Waals surface area contributed by atoms with Crippen LogP contribution < -0.4 is 5.32 Å². The molecule has 1 unspecified atom stereocenters. The minimum Gasteiger partial charge on any atom is -0.379 e. The van der Waals surface area contributed by atoms with E-state index in [9.17, 15) is 0 Å². The van der Waals surface area contributed by atoms with Gasteiger partial charge in [-0.2, -0.15) is 5.10 Å². The van der Waals surface area contributed by atoms with Crippen molar-refractivity contribution in [2.45, 2.75) is 53.0 Å². The number of hydrogen-bond donors (Lipinski definition) is 1. The quantitative estimate of drug-likeness (QED) is 0.808. The molecule has 0 amide bonds. The number of aromatic nitrogens is 2. The molecule has 1 aromatic heterocycles. The standard InChI is InChI=1S/C12H23N3/c1-6-8-11(7-2)13-12-9(3)14-15(5)10(12)4/h11,13H,6-8H2,1-5H3. The van der Waals surface area contributed by atoms with E-state index in [0.717, 1.165) is 5.69 Å². The van der Waals surface area contributed by atoms with Crippen LogP contribution in [0.4, 0.5) is 5.69 Å². The Bertz CT molecular complexity index is 315. The molecule has 0 aliphatic carbocycles. The van der Waals surface area contributed by atoms with Gasteiger partial charge in [-0.25, -0.2) is 0 Å². The van der Waals surface area contributed by atoms with E-state index in [-0.39, 0.29) is 0 Å². The van der Waals surface area contributed by atoms with Crippen LogP contribution in [0.25, 0.3) is 0 Å². The molecule has 0 saturated carbocycles. The highest BCUT2D eigenvalue weighted by atomic mass is 15.3. The van der Waals surface area contributed by atoms with Crippen LogP contribution in [0.1, 0.15) is 44.5 Å². The third-order valence-corrected chi connectivity index (χ3v) is 2.99. The highest BCUT2D eigenvalue weighted by molar-refractivity contribution is 5.52. The third-order valence-electron chi connectivity index (χ3n) is 2.99.